The average molecular weight is 723 g/mol. The Morgan fingerprint density at radius 3 is 1.62 bits per heavy atom. The fraction of sp³-hybridized carbons (Fsp3) is 0.0196. The molecule has 1 aromatic heterocycles. The molecule has 0 amide bonds. The van der Waals surface area contributed by atoms with Crippen LogP contribution in [0.1, 0.15) is 0 Å². The average Bonchev–Trinajstić information content (AvgIpc) is 3.49. The first kappa shape index (κ1) is 32.9. The van der Waals surface area contributed by atoms with Crippen LogP contribution >= 0.6 is 7.14 Å². The first-order chi connectivity index (χ1) is 27.0. The number of aromatic nitrogens is 2. The van der Waals surface area contributed by atoms with Crippen molar-refractivity contribution < 1.29 is 4.57 Å². The van der Waals surface area contributed by atoms with Crippen molar-refractivity contribution in [1.29, 1.82) is 0 Å². The Morgan fingerprint density at radius 1 is 0.382 bits per heavy atom. The smallest absolute Gasteiger partial charge is 0.160 e. The summed E-state index contributed by atoms with van der Waals surface area (Å²) in [6.45, 7) is 1.89. The van der Waals surface area contributed by atoms with Crippen molar-refractivity contribution in [3.63, 3.8) is 0 Å². The van der Waals surface area contributed by atoms with E-state index in [4.69, 9.17) is 9.97 Å². The quantitative estimate of drug-likeness (QED) is 0.161. The summed E-state index contributed by atoms with van der Waals surface area (Å²) in [6, 6.07) is 67.7. The van der Waals surface area contributed by atoms with Crippen molar-refractivity contribution in [2.45, 2.75) is 0 Å². The Kier molecular flexibility index (Phi) is 7.98. The molecule has 0 radical (unpaired) electrons. The highest BCUT2D eigenvalue weighted by Crippen LogP contribution is 2.51. The van der Waals surface area contributed by atoms with E-state index in [1.807, 2.05) is 49.1 Å². The van der Waals surface area contributed by atoms with Crippen molar-refractivity contribution >= 4 is 28.5 Å². The van der Waals surface area contributed by atoms with Gasteiger partial charge < -0.3 is 4.57 Å². The second-order valence-electron chi connectivity index (χ2n) is 14.2. The molecular weight excluding hydrogens is 688 g/mol. The molecule has 0 bridgehead atoms. The number of hydrogen-bond acceptors (Lipinski definition) is 3. The Labute approximate surface area is 321 Å². The van der Waals surface area contributed by atoms with Crippen LogP contribution in [0.4, 0.5) is 0 Å². The molecule has 0 spiro atoms. The number of fused-ring (bicyclic) bond motifs is 4. The Balaban J connectivity index is 1.08. The molecule has 0 saturated heterocycles. The standard InChI is InChI=1S/C51H35N2OP/c1-55(54)48-19-11-10-18-44(48)45-32-41(29-31-49(45)55)43-30-28-36-14-8-9-17-42(36)50(43)39-26-24-38(25-27-39)47-33-46(52-51(53-47)40-15-6-3-7-16-40)37-22-20-35(21-23-37)34-12-4-2-5-13-34/h2-33H,1H3. The van der Waals surface area contributed by atoms with Crippen molar-refractivity contribution in [3.8, 4) is 78.4 Å². The zero-order chi connectivity index (χ0) is 36.9. The normalized spacial score (nSPS) is 14.4. The third kappa shape index (κ3) is 5.81. The topological polar surface area (TPSA) is 42.9 Å². The first-order valence-corrected chi connectivity index (χ1v) is 20.7. The van der Waals surface area contributed by atoms with E-state index in [0.717, 1.165) is 66.5 Å². The Morgan fingerprint density at radius 2 is 0.909 bits per heavy atom. The van der Waals surface area contributed by atoms with Gasteiger partial charge in [0.15, 0.2) is 5.82 Å². The van der Waals surface area contributed by atoms with Gasteiger partial charge in [0.1, 0.15) is 7.14 Å². The molecular formula is C51H35N2OP. The highest BCUT2D eigenvalue weighted by atomic mass is 31.2. The predicted octanol–water partition coefficient (Wildman–Crippen LogP) is 12.6. The number of hydrogen-bond donors (Lipinski definition) is 0. The predicted molar refractivity (Wildman–Crippen MR) is 230 cm³/mol. The Hall–Kier alpha value is -6.67. The minimum atomic E-state index is -2.65. The lowest BCUT2D eigenvalue weighted by atomic mass is 9.88. The van der Waals surface area contributed by atoms with Gasteiger partial charge in [-0.2, -0.15) is 0 Å². The molecule has 1 aliphatic heterocycles. The lowest BCUT2D eigenvalue weighted by molar-refractivity contribution is 0.591. The fourth-order valence-electron chi connectivity index (χ4n) is 8.05. The van der Waals surface area contributed by atoms with Crippen LogP contribution in [0, 0.1) is 0 Å². The van der Waals surface area contributed by atoms with Crippen LogP contribution in [0.25, 0.3) is 89.2 Å². The Bertz CT molecular complexity index is 2940. The summed E-state index contributed by atoms with van der Waals surface area (Å²) >= 11 is 0. The molecule has 1 unspecified atom stereocenters. The number of nitrogens with zero attached hydrogens (tertiary/aromatic N) is 2. The van der Waals surface area contributed by atoms with Crippen molar-refractivity contribution in [2.75, 3.05) is 6.66 Å². The molecule has 55 heavy (non-hydrogen) atoms. The summed E-state index contributed by atoms with van der Waals surface area (Å²) in [4.78, 5) is 10.2. The summed E-state index contributed by atoms with van der Waals surface area (Å²) in [6.07, 6.45) is 0. The minimum Gasteiger partial charge on any atom is -0.314 e. The summed E-state index contributed by atoms with van der Waals surface area (Å²) in [7, 11) is -2.65. The highest BCUT2D eigenvalue weighted by Gasteiger charge is 2.34. The van der Waals surface area contributed by atoms with Gasteiger partial charge in [-0.3, -0.25) is 0 Å². The summed E-state index contributed by atoms with van der Waals surface area (Å²) in [5.74, 6) is 0.690. The van der Waals surface area contributed by atoms with Gasteiger partial charge in [-0.15, -0.1) is 0 Å². The van der Waals surface area contributed by atoms with Crippen LogP contribution in [0.2, 0.25) is 0 Å². The molecule has 0 saturated carbocycles. The largest absolute Gasteiger partial charge is 0.314 e. The van der Waals surface area contributed by atoms with Crippen LogP contribution in [-0.2, 0) is 4.57 Å². The summed E-state index contributed by atoms with van der Waals surface area (Å²) in [5, 5.41) is 4.25. The molecule has 0 aliphatic carbocycles. The van der Waals surface area contributed by atoms with E-state index in [0.29, 0.717) is 5.82 Å². The highest BCUT2D eigenvalue weighted by molar-refractivity contribution is 7.79. The third-order valence-electron chi connectivity index (χ3n) is 10.9. The van der Waals surface area contributed by atoms with Crippen LogP contribution in [0.15, 0.2) is 194 Å². The summed E-state index contributed by atoms with van der Waals surface area (Å²) in [5.41, 5.74) is 13.8. The van der Waals surface area contributed by atoms with Crippen molar-refractivity contribution in [1.82, 2.24) is 9.97 Å². The van der Waals surface area contributed by atoms with Crippen molar-refractivity contribution in [3.05, 3.63) is 194 Å². The molecule has 9 aromatic rings. The number of rotatable bonds is 6. The molecule has 1 atom stereocenters. The molecule has 1 aliphatic rings. The van der Waals surface area contributed by atoms with Gasteiger partial charge in [-0.25, -0.2) is 9.97 Å². The van der Waals surface area contributed by atoms with E-state index < -0.39 is 7.14 Å². The van der Waals surface area contributed by atoms with Gasteiger partial charge in [0.2, 0.25) is 0 Å². The van der Waals surface area contributed by atoms with Crippen LogP contribution in [-0.4, -0.2) is 16.6 Å². The molecule has 0 N–H and O–H groups in total. The van der Waals surface area contributed by atoms with Crippen molar-refractivity contribution in [2.24, 2.45) is 0 Å². The maximum absolute atomic E-state index is 14.0. The maximum atomic E-state index is 14.0. The lowest BCUT2D eigenvalue weighted by Gasteiger charge is -2.16. The van der Waals surface area contributed by atoms with E-state index in [9.17, 15) is 4.57 Å². The lowest BCUT2D eigenvalue weighted by Crippen LogP contribution is -2.07. The summed E-state index contributed by atoms with van der Waals surface area (Å²) < 4.78 is 14.0. The SMILES string of the molecule is CP1(=O)c2ccccc2-c2cc(-c3ccc4ccccc4c3-c3ccc(-c4cc(-c5ccc(-c6ccccc6)cc5)nc(-c5ccccc5)n4)cc3)ccc21. The van der Waals surface area contributed by atoms with Gasteiger partial charge in [0.05, 0.1) is 11.4 Å². The third-order valence-corrected chi connectivity index (χ3v) is 13.5. The number of benzene rings is 8. The van der Waals surface area contributed by atoms with Gasteiger partial charge in [-0.1, -0.05) is 176 Å². The first-order valence-electron chi connectivity index (χ1n) is 18.6. The second-order valence-corrected chi connectivity index (χ2v) is 17.0. The molecule has 3 nitrogen and oxygen atoms in total. The molecule has 10 rings (SSSR count). The molecule has 0 fully saturated rings. The molecule has 260 valence electrons. The van der Waals surface area contributed by atoms with E-state index in [-0.39, 0.29) is 0 Å². The molecule has 8 aromatic carbocycles. The zero-order valence-electron chi connectivity index (χ0n) is 30.2. The van der Waals surface area contributed by atoms with E-state index in [2.05, 4.69) is 152 Å². The molecule has 4 heteroatoms. The van der Waals surface area contributed by atoms with Crippen LogP contribution in [0.3, 0.4) is 0 Å². The monoisotopic (exact) mass is 722 g/mol. The van der Waals surface area contributed by atoms with E-state index in [1.165, 1.54) is 27.5 Å². The zero-order valence-corrected chi connectivity index (χ0v) is 31.1. The van der Waals surface area contributed by atoms with E-state index in [1.54, 1.807) is 0 Å². The molecule has 2 heterocycles. The maximum Gasteiger partial charge on any atom is 0.160 e. The fourth-order valence-corrected chi connectivity index (χ4v) is 10.3. The van der Waals surface area contributed by atoms with Crippen LogP contribution < -0.4 is 10.6 Å². The van der Waals surface area contributed by atoms with Gasteiger partial charge in [-0.05, 0) is 80.1 Å². The second kappa shape index (κ2) is 13.3. The van der Waals surface area contributed by atoms with Gasteiger partial charge in [0.25, 0.3) is 0 Å². The van der Waals surface area contributed by atoms with E-state index >= 15 is 0 Å². The van der Waals surface area contributed by atoms with Gasteiger partial charge >= 0.3 is 0 Å². The minimum absolute atomic E-state index is 0.690. The van der Waals surface area contributed by atoms with Gasteiger partial charge in [0, 0.05) is 27.3 Å². The van der Waals surface area contributed by atoms with Crippen LogP contribution in [0.5, 0.6) is 0 Å².